The largest absolute Gasteiger partial charge is 0.507 e. The van der Waals surface area contributed by atoms with Crippen LogP contribution in [0.3, 0.4) is 0 Å². The van der Waals surface area contributed by atoms with Gasteiger partial charge in [-0.15, -0.1) is 0 Å². The van der Waals surface area contributed by atoms with Crippen LogP contribution in [0.4, 0.5) is 0 Å². The number of carbonyl (C=O) groups is 2. The summed E-state index contributed by atoms with van der Waals surface area (Å²) in [6, 6.07) is 17.5. The summed E-state index contributed by atoms with van der Waals surface area (Å²) in [5, 5.41) is 40.2. The molecule has 148 valence electrons. The number of aliphatic hydroxyl groups is 2. The number of phenolic OH excluding ortho intramolecular Hbond substituents is 2. The Morgan fingerprint density at radius 1 is 0.759 bits per heavy atom. The van der Waals surface area contributed by atoms with Crippen LogP contribution in [-0.4, -0.2) is 44.7 Å². The minimum atomic E-state index is -1.28. The standard InChI is InChI=1S/C23H20O6/c24-13-16(25)11-17-22(28)18(20(26)14-7-3-1-4-8-14)12-19(23(17)29)21(27)15-9-5-2-6-10-15/h1-10,12,16,24-25,28-29H,11,13H2. The third kappa shape index (κ3) is 4.18. The van der Waals surface area contributed by atoms with Gasteiger partial charge in [-0.25, -0.2) is 0 Å². The Bertz CT molecular complexity index is 952. The van der Waals surface area contributed by atoms with Gasteiger partial charge in [-0.2, -0.15) is 0 Å². The number of rotatable bonds is 7. The van der Waals surface area contributed by atoms with Gasteiger partial charge < -0.3 is 20.4 Å². The van der Waals surface area contributed by atoms with Crippen LogP contribution in [0.2, 0.25) is 0 Å². The molecular formula is C23H20O6. The maximum Gasteiger partial charge on any atom is 0.196 e. The molecule has 3 rings (SSSR count). The van der Waals surface area contributed by atoms with Gasteiger partial charge in [0.2, 0.25) is 0 Å². The summed E-state index contributed by atoms with van der Waals surface area (Å²) in [4.78, 5) is 25.9. The molecule has 6 nitrogen and oxygen atoms in total. The van der Waals surface area contributed by atoms with Crippen molar-refractivity contribution in [3.63, 3.8) is 0 Å². The number of carbonyl (C=O) groups excluding carboxylic acids is 2. The van der Waals surface area contributed by atoms with E-state index in [0.717, 1.165) is 6.07 Å². The van der Waals surface area contributed by atoms with Crippen LogP contribution in [0.5, 0.6) is 11.5 Å². The van der Waals surface area contributed by atoms with E-state index in [1.165, 1.54) is 0 Å². The second-order valence-electron chi connectivity index (χ2n) is 6.58. The van der Waals surface area contributed by atoms with Gasteiger partial charge in [0.1, 0.15) is 11.5 Å². The lowest BCUT2D eigenvalue weighted by Crippen LogP contribution is -2.17. The number of hydrogen-bond donors (Lipinski definition) is 4. The molecule has 0 fully saturated rings. The van der Waals surface area contributed by atoms with Crippen LogP contribution < -0.4 is 0 Å². The number of benzene rings is 3. The Hall–Kier alpha value is -3.48. The first-order valence-electron chi connectivity index (χ1n) is 9.00. The summed E-state index contributed by atoms with van der Waals surface area (Å²) in [5.41, 5.74) is 0.0648. The fourth-order valence-electron chi connectivity index (χ4n) is 3.05. The molecule has 0 amide bonds. The topological polar surface area (TPSA) is 115 Å². The van der Waals surface area contributed by atoms with Crippen molar-refractivity contribution in [3.05, 3.63) is 94.5 Å². The molecule has 1 unspecified atom stereocenters. The second-order valence-corrected chi connectivity index (χ2v) is 6.58. The van der Waals surface area contributed by atoms with Crippen molar-refractivity contribution in [2.24, 2.45) is 0 Å². The third-order valence-electron chi connectivity index (χ3n) is 4.58. The van der Waals surface area contributed by atoms with E-state index in [1.807, 2.05) is 0 Å². The van der Waals surface area contributed by atoms with Gasteiger partial charge in [0.05, 0.1) is 23.8 Å². The zero-order valence-corrected chi connectivity index (χ0v) is 15.4. The smallest absolute Gasteiger partial charge is 0.196 e. The predicted octanol–water partition coefficient (Wildman–Crippen LogP) is 2.46. The van der Waals surface area contributed by atoms with Crippen LogP contribution in [-0.2, 0) is 6.42 Å². The zero-order valence-electron chi connectivity index (χ0n) is 15.4. The number of ketones is 2. The molecule has 29 heavy (non-hydrogen) atoms. The molecule has 0 aliphatic rings. The summed E-state index contributed by atoms with van der Waals surface area (Å²) in [6.45, 7) is -0.613. The van der Waals surface area contributed by atoms with Gasteiger partial charge in [-0.3, -0.25) is 9.59 Å². The fraction of sp³-hybridized carbons (Fsp3) is 0.130. The first kappa shape index (κ1) is 20.3. The van der Waals surface area contributed by atoms with Crippen molar-refractivity contribution in [2.75, 3.05) is 6.61 Å². The fourth-order valence-corrected chi connectivity index (χ4v) is 3.05. The average Bonchev–Trinajstić information content (AvgIpc) is 2.77. The summed E-state index contributed by atoms with van der Waals surface area (Å²) < 4.78 is 0. The third-order valence-corrected chi connectivity index (χ3v) is 4.58. The number of phenols is 2. The minimum Gasteiger partial charge on any atom is -0.507 e. The van der Waals surface area contributed by atoms with Gasteiger partial charge in [0.15, 0.2) is 11.6 Å². The van der Waals surface area contributed by atoms with Gasteiger partial charge in [-0.1, -0.05) is 60.7 Å². The van der Waals surface area contributed by atoms with Crippen LogP contribution in [0.15, 0.2) is 66.7 Å². The molecule has 0 saturated carbocycles. The molecule has 0 radical (unpaired) electrons. The van der Waals surface area contributed by atoms with Gasteiger partial charge in [-0.05, 0) is 6.07 Å². The lowest BCUT2D eigenvalue weighted by atomic mass is 9.91. The van der Waals surface area contributed by atoms with Gasteiger partial charge in [0.25, 0.3) is 0 Å². The van der Waals surface area contributed by atoms with Crippen LogP contribution in [0, 0.1) is 0 Å². The lowest BCUT2D eigenvalue weighted by Gasteiger charge is -2.17. The predicted molar refractivity (Wildman–Crippen MR) is 106 cm³/mol. The molecule has 3 aromatic rings. The van der Waals surface area contributed by atoms with E-state index in [1.54, 1.807) is 60.7 Å². The number of aliphatic hydroxyl groups excluding tert-OH is 2. The number of aromatic hydroxyl groups is 2. The van der Waals surface area contributed by atoms with E-state index in [0.29, 0.717) is 11.1 Å². The van der Waals surface area contributed by atoms with Gasteiger partial charge in [0, 0.05) is 23.1 Å². The van der Waals surface area contributed by atoms with E-state index in [4.69, 9.17) is 5.11 Å². The maximum absolute atomic E-state index is 12.9. The average molecular weight is 392 g/mol. The van der Waals surface area contributed by atoms with E-state index in [2.05, 4.69) is 0 Å². The lowest BCUT2D eigenvalue weighted by molar-refractivity contribution is 0.0940. The van der Waals surface area contributed by atoms with Crippen LogP contribution in [0.1, 0.15) is 37.4 Å². The van der Waals surface area contributed by atoms with E-state index < -0.39 is 35.8 Å². The second kappa shape index (κ2) is 8.68. The Kier molecular flexibility index (Phi) is 6.07. The molecule has 0 saturated heterocycles. The quantitative estimate of drug-likeness (QED) is 0.459. The molecule has 0 bridgehead atoms. The molecule has 0 aliphatic carbocycles. The molecule has 6 heteroatoms. The molecule has 1 atom stereocenters. The normalized spacial score (nSPS) is 11.8. The SMILES string of the molecule is O=C(c1ccccc1)c1cc(C(=O)c2ccccc2)c(O)c(CC(O)CO)c1O. The Balaban J connectivity index is 2.19. The highest BCUT2D eigenvalue weighted by atomic mass is 16.3. The van der Waals surface area contributed by atoms with Gasteiger partial charge >= 0.3 is 0 Å². The summed E-state index contributed by atoms with van der Waals surface area (Å²) in [6.07, 6.45) is -1.62. The monoisotopic (exact) mass is 392 g/mol. The molecule has 0 heterocycles. The zero-order chi connectivity index (χ0) is 21.0. The molecule has 3 aromatic carbocycles. The Morgan fingerprint density at radius 3 is 1.55 bits per heavy atom. The highest BCUT2D eigenvalue weighted by molar-refractivity contribution is 6.16. The summed E-state index contributed by atoms with van der Waals surface area (Å²) in [5.74, 6) is -2.14. The highest BCUT2D eigenvalue weighted by Crippen LogP contribution is 2.37. The Morgan fingerprint density at radius 2 is 1.17 bits per heavy atom. The van der Waals surface area contributed by atoms with E-state index >= 15 is 0 Å². The number of hydrogen-bond acceptors (Lipinski definition) is 6. The first-order valence-corrected chi connectivity index (χ1v) is 9.00. The molecule has 4 N–H and O–H groups in total. The van der Waals surface area contributed by atoms with Crippen molar-refractivity contribution in [1.29, 1.82) is 0 Å². The van der Waals surface area contributed by atoms with Crippen LogP contribution >= 0.6 is 0 Å². The van der Waals surface area contributed by atoms with Crippen molar-refractivity contribution < 1.29 is 30.0 Å². The van der Waals surface area contributed by atoms with Crippen molar-refractivity contribution in [1.82, 2.24) is 0 Å². The maximum atomic E-state index is 12.9. The van der Waals surface area contributed by atoms with Crippen molar-refractivity contribution >= 4 is 11.6 Å². The van der Waals surface area contributed by atoms with E-state index in [-0.39, 0.29) is 23.1 Å². The van der Waals surface area contributed by atoms with Crippen molar-refractivity contribution in [3.8, 4) is 11.5 Å². The van der Waals surface area contributed by atoms with Crippen molar-refractivity contribution in [2.45, 2.75) is 12.5 Å². The van der Waals surface area contributed by atoms with E-state index in [9.17, 15) is 24.9 Å². The summed E-state index contributed by atoms with van der Waals surface area (Å²) in [7, 11) is 0. The highest BCUT2D eigenvalue weighted by Gasteiger charge is 2.26. The molecule has 0 spiro atoms. The Labute approximate surface area is 167 Å². The van der Waals surface area contributed by atoms with Crippen LogP contribution in [0.25, 0.3) is 0 Å². The molecule has 0 aliphatic heterocycles. The first-order chi connectivity index (χ1) is 13.9. The summed E-state index contributed by atoms with van der Waals surface area (Å²) >= 11 is 0. The molecule has 0 aromatic heterocycles. The molecular weight excluding hydrogens is 372 g/mol. The minimum absolute atomic E-state index is 0.173.